The summed E-state index contributed by atoms with van der Waals surface area (Å²) in [7, 11) is -2.65. The van der Waals surface area contributed by atoms with Gasteiger partial charge in [-0.15, -0.1) is 0 Å². The Balaban J connectivity index is 2.38. The standard InChI is InChI=1S/C13H16ClNO5S/c1-20-12-10(13(16)17)5-9(14)6-11(12)21(18,19)15-7-8-3-2-4-8/h5-6,8,15H,2-4,7H2,1H3,(H,16,17). The summed E-state index contributed by atoms with van der Waals surface area (Å²) in [6.07, 6.45) is 3.10. The van der Waals surface area contributed by atoms with E-state index in [0.29, 0.717) is 12.5 Å². The Morgan fingerprint density at radius 2 is 2.14 bits per heavy atom. The van der Waals surface area contributed by atoms with E-state index in [4.69, 9.17) is 21.4 Å². The first kappa shape index (κ1) is 16.1. The molecule has 6 nitrogen and oxygen atoms in total. The van der Waals surface area contributed by atoms with E-state index < -0.39 is 16.0 Å². The predicted molar refractivity (Wildman–Crippen MR) is 77.5 cm³/mol. The molecule has 0 atom stereocenters. The van der Waals surface area contributed by atoms with E-state index in [1.807, 2.05) is 0 Å². The van der Waals surface area contributed by atoms with E-state index in [1.54, 1.807) is 0 Å². The maximum atomic E-state index is 12.3. The molecule has 1 aromatic carbocycles. The molecule has 1 fully saturated rings. The Bertz CT molecular complexity index is 655. The molecule has 116 valence electrons. The van der Waals surface area contributed by atoms with Gasteiger partial charge < -0.3 is 9.84 Å². The summed E-state index contributed by atoms with van der Waals surface area (Å²) in [5.41, 5.74) is -0.283. The first-order valence-electron chi connectivity index (χ1n) is 6.45. The third-order valence-corrected chi connectivity index (χ3v) is 5.18. The summed E-state index contributed by atoms with van der Waals surface area (Å²) in [4.78, 5) is 10.9. The molecule has 0 bridgehead atoms. The van der Waals surface area contributed by atoms with Crippen molar-refractivity contribution in [3.63, 3.8) is 0 Å². The van der Waals surface area contributed by atoms with Crippen LogP contribution in [0.1, 0.15) is 29.6 Å². The van der Waals surface area contributed by atoms with Crippen LogP contribution in [0.3, 0.4) is 0 Å². The van der Waals surface area contributed by atoms with Crippen molar-refractivity contribution < 1.29 is 23.1 Å². The fraction of sp³-hybridized carbons (Fsp3) is 0.462. The largest absolute Gasteiger partial charge is 0.494 e. The fourth-order valence-corrected chi connectivity index (χ4v) is 3.75. The van der Waals surface area contributed by atoms with Crippen LogP contribution < -0.4 is 9.46 Å². The molecule has 0 aliphatic heterocycles. The number of halogens is 1. The number of carboxylic acids is 1. The van der Waals surface area contributed by atoms with Crippen molar-refractivity contribution in [2.24, 2.45) is 5.92 Å². The zero-order valence-corrected chi connectivity index (χ0v) is 13.0. The minimum absolute atomic E-state index is 0.0252. The average molecular weight is 334 g/mol. The summed E-state index contributed by atoms with van der Waals surface area (Å²) in [5.74, 6) is -1.18. The first-order chi connectivity index (χ1) is 9.85. The van der Waals surface area contributed by atoms with Crippen LogP contribution in [0.15, 0.2) is 17.0 Å². The molecule has 0 unspecified atom stereocenters. The van der Waals surface area contributed by atoms with Gasteiger partial charge in [-0.25, -0.2) is 17.9 Å². The van der Waals surface area contributed by atoms with Crippen molar-refractivity contribution in [2.75, 3.05) is 13.7 Å². The van der Waals surface area contributed by atoms with E-state index >= 15 is 0 Å². The Morgan fingerprint density at radius 3 is 2.62 bits per heavy atom. The van der Waals surface area contributed by atoms with Crippen molar-refractivity contribution >= 4 is 27.6 Å². The van der Waals surface area contributed by atoms with Crippen LogP contribution in [0.25, 0.3) is 0 Å². The maximum absolute atomic E-state index is 12.3. The Hall–Kier alpha value is -1.31. The normalized spacial score (nSPS) is 15.5. The van der Waals surface area contributed by atoms with Crippen LogP contribution in [0.4, 0.5) is 0 Å². The van der Waals surface area contributed by atoms with E-state index in [-0.39, 0.29) is 21.2 Å². The smallest absolute Gasteiger partial charge is 0.339 e. The molecule has 2 rings (SSSR count). The van der Waals surface area contributed by atoms with Gasteiger partial charge >= 0.3 is 5.97 Å². The molecule has 1 saturated carbocycles. The number of hydrogen-bond donors (Lipinski definition) is 2. The minimum atomic E-state index is -3.88. The summed E-state index contributed by atoms with van der Waals surface area (Å²) in [6.45, 7) is 0.334. The van der Waals surface area contributed by atoms with E-state index in [2.05, 4.69) is 4.72 Å². The molecule has 0 aromatic heterocycles. The van der Waals surface area contributed by atoms with Crippen LogP contribution in [0, 0.1) is 5.92 Å². The number of ether oxygens (including phenoxy) is 1. The van der Waals surface area contributed by atoms with Gasteiger partial charge in [-0.2, -0.15) is 0 Å². The van der Waals surface area contributed by atoms with Crippen LogP contribution in [0.2, 0.25) is 5.02 Å². The van der Waals surface area contributed by atoms with Crippen LogP contribution in [-0.2, 0) is 10.0 Å². The van der Waals surface area contributed by atoms with E-state index in [9.17, 15) is 13.2 Å². The zero-order valence-electron chi connectivity index (χ0n) is 11.4. The van der Waals surface area contributed by atoms with Gasteiger partial charge in [0.15, 0.2) is 5.75 Å². The van der Waals surface area contributed by atoms with Crippen molar-refractivity contribution in [1.82, 2.24) is 4.72 Å². The molecule has 0 amide bonds. The van der Waals surface area contributed by atoms with E-state index in [1.165, 1.54) is 13.2 Å². The minimum Gasteiger partial charge on any atom is -0.494 e. The van der Waals surface area contributed by atoms with Crippen LogP contribution >= 0.6 is 11.6 Å². The third kappa shape index (κ3) is 3.48. The molecular formula is C13H16ClNO5S. The molecule has 8 heteroatoms. The second kappa shape index (κ2) is 6.21. The highest BCUT2D eigenvalue weighted by Gasteiger charge is 2.27. The number of methoxy groups -OCH3 is 1. The third-order valence-electron chi connectivity index (χ3n) is 3.53. The summed E-state index contributed by atoms with van der Waals surface area (Å²) >= 11 is 5.82. The number of rotatable bonds is 6. The SMILES string of the molecule is COc1c(C(=O)O)cc(Cl)cc1S(=O)(=O)NCC1CCC1. The second-order valence-corrected chi connectivity index (χ2v) is 7.11. The zero-order chi connectivity index (χ0) is 15.6. The lowest BCUT2D eigenvalue weighted by atomic mass is 9.86. The molecule has 2 N–H and O–H groups in total. The van der Waals surface area contributed by atoms with Gasteiger partial charge in [0.05, 0.1) is 7.11 Å². The van der Waals surface area contributed by atoms with Gasteiger partial charge in [-0.05, 0) is 30.9 Å². The van der Waals surface area contributed by atoms with E-state index in [0.717, 1.165) is 25.3 Å². The van der Waals surface area contributed by atoms with Crippen molar-refractivity contribution in [2.45, 2.75) is 24.2 Å². The topological polar surface area (TPSA) is 92.7 Å². The second-order valence-electron chi connectivity index (χ2n) is 4.94. The molecular weight excluding hydrogens is 318 g/mol. The predicted octanol–water partition coefficient (Wildman–Crippen LogP) is 2.13. The lowest BCUT2D eigenvalue weighted by Gasteiger charge is -2.25. The van der Waals surface area contributed by atoms with Gasteiger partial charge in [-0.3, -0.25) is 0 Å². The van der Waals surface area contributed by atoms with Gasteiger partial charge in [0.2, 0.25) is 10.0 Å². The fourth-order valence-electron chi connectivity index (χ4n) is 2.14. The number of carbonyl (C=O) groups is 1. The molecule has 0 spiro atoms. The van der Waals surface area contributed by atoms with Crippen molar-refractivity contribution in [3.05, 3.63) is 22.7 Å². The van der Waals surface area contributed by atoms with Crippen molar-refractivity contribution in [1.29, 1.82) is 0 Å². The summed E-state index contributed by atoms with van der Waals surface area (Å²) in [5, 5.41) is 9.15. The first-order valence-corrected chi connectivity index (χ1v) is 8.31. The van der Waals surface area contributed by atoms with Gasteiger partial charge in [0, 0.05) is 11.6 Å². The molecule has 1 aliphatic rings. The summed E-state index contributed by atoms with van der Waals surface area (Å²) < 4.78 is 32.1. The van der Waals surface area contributed by atoms with Crippen molar-refractivity contribution in [3.8, 4) is 5.75 Å². The molecule has 1 aromatic rings. The highest BCUT2D eigenvalue weighted by Crippen LogP contribution is 2.32. The van der Waals surface area contributed by atoms with Crippen LogP contribution in [0.5, 0.6) is 5.75 Å². The Labute approximate surface area is 128 Å². The highest BCUT2D eigenvalue weighted by atomic mass is 35.5. The lowest BCUT2D eigenvalue weighted by molar-refractivity contribution is 0.0693. The molecule has 0 heterocycles. The van der Waals surface area contributed by atoms with Crippen LogP contribution in [-0.4, -0.2) is 33.1 Å². The molecule has 21 heavy (non-hydrogen) atoms. The number of sulfonamides is 1. The van der Waals surface area contributed by atoms with Gasteiger partial charge in [0.25, 0.3) is 0 Å². The maximum Gasteiger partial charge on any atom is 0.339 e. The molecule has 0 saturated heterocycles. The molecule has 0 radical (unpaired) electrons. The monoisotopic (exact) mass is 333 g/mol. The van der Waals surface area contributed by atoms with Gasteiger partial charge in [-0.1, -0.05) is 18.0 Å². The quantitative estimate of drug-likeness (QED) is 0.831. The molecule has 1 aliphatic carbocycles. The summed E-state index contributed by atoms with van der Waals surface area (Å²) in [6, 6.07) is 2.35. The Morgan fingerprint density at radius 1 is 1.48 bits per heavy atom. The number of carboxylic acid groups (broad SMARTS) is 1. The number of nitrogens with one attached hydrogen (secondary N) is 1. The lowest BCUT2D eigenvalue weighted by Crippen LogP contribution is -2.32. The number of aromatic carboxylic acids is 1. The number of hydrogen-bond acceptors (Lipinski definition) is 4. The Kier molecular flexibility index (Phi) is 4.75. The number of benzene rings is 1. The average Bonchev–Trinajstić information content (AvgIpc) is 2.35. The van der Waals surface area contributed by atoms with Gasteiger partial charge in [0.1, 0.15) is 10.5 Å². The highest BCUT2D eigenvalue weighted by molar-refractivity contribution is 7.89.